The lowest BCUT2D eigenvalue weighted by Crippen LogP contribution is -2.41. The number of aromatic nitrogens is 3. The predicted octanol–water partition coefficient (Wildman–Crippen LogP) is 4.63. The van der Waals surface area contributed by atoms with E-state index in [1.807, 2.05) is 49.1 Å². The van der Waals surface area contributed by atoms with Crippen molar-refractivity contribution in [3.8, 4) is 23.1 Å². The van der Waals surface area contributed by atoms with Crippen molar-refractivity contribution in [3.63, 3.8) is 0 Å². The third kappa shape index (κ3) is 5.56. The molecule has 190 valence electrons. The Morgan fingerprint density at radius 3 is 2.49 bits per heavy atom. The Hall–Kier alpha value is -2.82. The molecule has 6 nitrogen and oxygen atoms in total. The molecular weight excluding hydrogens is 483 g/mol. The number of likely N-dealkylation sites (tertiary alicyclic amines) is 1. The molecule has 1 aliphatic carbocycles. The number of amides is 1. The van der Waals surface area contributed by atoms with Crippen LogP contribution in [0.15, 0.2) is 30.3 Å². The van der Waals surface area contributed by atoms with Crippen LogP contribution in [-0.2, 0) is 11.2 Å². The molecule has 1 aliphatic heterocycles. The van der Waals surface area contributed by atoms with Gasteiger partial charge in [-0.15, -0.1) is 0 Å². The van der Waals surface area contributed by atoms with E-state index in [0.29, 0.717) is 39.6 Å². The summed E-state index contributed by atoms with van der Waals surface area (Å²) in [7, 11) is 6.35. The molecule has 5 rings (SSSR count). The van der Waals surface area contributed by atoms with Crippen LogP contribution in [0.1, 0.15) is 57.8 Å². The summed E-state index contributed by atoms with van der Waals surface area (Å²) in [6, 6.07) is 9.76. The first-order chi connectivity index (χ1) is 17.6. The maximum absolute atomic E-state index is 11.5. The molecule has 1 amide bonds. The smallest absolute Gasteiger partial charge is 0.236 e. The van der Waals surface area contributed by atoms with Crippen LogP contribution in [0.25, 0.3) is 22.4 Å². The number of hydrogen-bond donors (Lipinski definition) is 1. The second-order valence-corrected chi connectivity index (χ2v) is 11.5. The Kier molecular flexibility index (Phi) is 7.09. The van der Waals surface area contributed by atoms with Gasteiger partial charge in [0.25, 0.3) is 0 Å². The zero-order valence-electron chi connectivity index (χ0n) is 21.7. The Bertz CT molecular complexity index is 1370. The fraction of sp³-hybridized carbons (Fsp3) is 0.483. The van der Waals surface area contributed by atoms with E-state index in [0.717, 1.165) is 62.1 Å². The van der Waals surface area contributed by atoms with Crippen molar-refractivity contribution >= 4 is 36.7 Å². The third-order valence-electron chi connectivity index (χ3n) is 7.93. The molecule has 2 radical (unpaired) electrons. The summed E-state index contributed by atoms with van der Waals surface area (Å²) in [6.07, 6.45) is 4.53. The average molecular weight is 515 g/mol. The molecule has 1 saturated heterocycles. The molecule has 37 heavy (non-hydrogen) atoms. The van der Waals surface area contributed by atoms with Crippen LogP contribution in [0.4, 0.5) is 0 Å². The Morgan fingerprint density at radius 1 is 1.19 bits per heavy atom. The molecule has 1 saturated carbocycles. The highest BCUT2D eigenvalue weighted by atomic mass is 35.5. The summed E-state index contributed by atoms with van der Waals surface area (Å²) in [5.41, 5.74) is 3.15. The topological polar surface area (TPSA) is 71.2 Å². The van der Waals surface area contributed by atoms with Crippen LogP contribution in [0.2, 0.25) is 5.02 Å². The second kappa shape index (κ2) is 10.2. The van der Waals surface area contributed by atoms with Gasteiger partial charge in [0.2, 0.25) is 13.9 Å². The number of piperidine rings is 1. The molecule has 1 N–H and O–H groups in total. The number of benzene rings is 1. The zero-order valence-corrected chi connectivity index (χ0v) is 22.4. The molecule has 0 bridgehead atoms. The molecule has 8 heteroatoms. The Labute approximate surface area is 224 Å². The number of nitrogens with zero attached hydrogens (tertiary/aromatic N) is 4. The van der Waals surface area contributed by atoms with Gasteiger partial charge in [-0.05, 0) is 69.6 Å². The van der Waals surface area contributed by atoms with Crippen molar-refractivity contribution in [2.24, 2.45) is 17.8 Å². The summed E-state index contributed by atoms with van der Waals surface area (Å²) in [5, 5.41) is 10.7. The summed E-state index contributed by atoms with van der Waals surface area (Å²) in [6.45, 7) is 6.93. The third-order valence-corrected chi connectivity index (χ3v) is 8.22. The van der Waals surface area contributed by atoms with E-state index < -0.39 is 5.60 Å². The van der Waals surface area contributed by atoms with Crippen molar-refractivity contribution in [1.82, 2.24) is 19.3 Å². The normalized spacial score (nSPS) is 20.4. The zero-order chi connectivity index (χ0) is 26.3. The minimum absolute atomic E-state index is 0.139. The van der Waals surface area contributed by atoms with Gasteiger partial charge in [-0.25, -0.2) is 9.97 Å². The van der Waals surface area contributed by atoms with Gasteiger partial charge >= 0.3 is 0 Å². The maximum atomic E-state index is 11.5. The monoisotopic (exact) mass is 514 g/mol. The van der Waals surface area contributed by atoms with Gasteiger partial charge in [-0.1, -0.05) is 35.6 Å². The number of carbonyl (C=O) groups is 1. The van der Waals surface area contributed by atoms with E-state index in [9.17, 15) is 9.90 Å². The molecule has 1 aromatic carbocycles. The predicted molar refractivity (Wildman–Crippen MR) is 147 cm³/mol. The van der Waals surface area contributed by atoms with Crippen LogP contribution in [0.5, 0.6) is 0 Å². The van der Waals surface area contributed by atoms with Gasteiger partial charge in [-0.3, -0.25) is 4.79 Å². The number of halogens is 1. The van der Waals surface area contributed by atoms with Crippen molar-refractivity contribution in [2.75, 3.05) is 13.1 Å². The molecule has 0 atom stereocenters. The van der Waals surface area contributed by atoms with E-state index in [1.54, 1.807) is 11.4 Å². The minimum Gasteiger partial charge on any atom is -0.390 e. The standard InChI is InChI=1S/C29H32BClN4O2/c1-18(36)34-12-10-20(11-13-34)5-4-19-6-8-22(9-7-19)27-24(31)17-25-28(33-27)32-26(35(25)30)16-21-14-23(15-21)29(2,3)37/h6-9,17,20-21,23,37H,10-16H2,1-3H3. The molecule has 3 heterocycles. The quantitative estimate of drug-likeness (QED) is 0.407. The van der Waals surface area contributed by atoms with Gasteiger partial charge in [0.1, 0.15) is 0 Å². The van der Waals surface area contributed by atoms with Crippen molar-refractivity contribution in [2.45, 2.75) is 58.5 Å². The number of aliphatic hydroxyl groups is 1. The van der Waals surface area contributed by atoms with Gasteiger partial charge in [0, 0.05) is 43.5 Å². The summed E-state index contributed by atoms with van der Waals surface area (Å²) in [5.74, 6) is 8.67. The molecule has 0 spiro atoms. The summed E-state index contributed by atoms with van der Waals surface area (Å²) < 4.78 is 1.59. The first-order valence-corrected chi connectivity index (χ1v) is 13.4. The summed E-state index contributed by atoms with van der Waals surface area (Å²) in [4.78, 5) is 22.9. The summed E-state index contributed by atoms with van der Waals surface area (Å²) >= 11 is 6.63. The fourth-order valence-electron chi connectivity index (χ4n) is 5.36. The number of fused-ring (bicyclic) bond motifs is 1. The highest BCUT2D eigenvalue weighted by Gasteiger charge is 2.39. The van der Waals surface area contributed by atoms with Crippen molar-refractivity contribution in [3.05, 3.63) is 46.7 Å². The maximum Gasteiger partial charge on any atom is 0.236 e. The number of imidazole rings is 1. The van der Waals surface area contributed by atoms with E-state index in [-0.39, 0.29) is 5.91 Å². The first kappa shape index (κ1) is 25.8. The lowest BCUT2D eigenvalue weighted by Gasteiger charge is -2.42. The van der Waals surface area contributed by atoms with Crippen LogP contribution >= 0.6 is 11.6 Å². The van der Waals surface area contributed by atoms with Crippen molar-refractivity contribution < 1.29 is 9.90 Å². The molecule has 2 fully saturated rings. The molecule has 0 unspecified atom stereocenters. The van der Waals surface area contributed by atoms with Gasteiger partial charge in [0.05, 0.1) is 27.7 Å². The lowest BCUT2D eigenvalue weighted by molar-refractivity contribution is -0.129. The van der Waals surface area contributed by atoms with E-state index in [4.69, 9.17) is 29.6 Å². The molecule has 2 aliphatic rings. The number of hydrogen-bond acceptors (Lipinski definition) is 4. The lowest BCUT2D eigenvalue weighted by atomic mass is 9.66. The second-order valence-electron chi connectivity index (χ2n) is 11.1. The van der Waals surface area contributed by atoms with E-state index in [2.05, 4.69) is 11.8 Å². The van der Waals surface area contributed by atoms with E-state index >= 15 is 0 Å². The minimum atomic E-state index is -0.640. The highest BCUT2D eigenvalue weighted by molar-refractivity contribution is 6.33. The average Bonchev–Trinajstić information content (AvgIpc) is 3.13. The van der Waals surface area contributed by atoms with Crippen LogP contribution in [0.3, 0.4) is 0 Å². The number of carbonyl (C=O) groups excluding carboxylic acids is 1. The van der Waals surface area contributed by atoms with E-state index in [1.165, 1.54) is 0 Å². The largest absolute Gasteiger partial charge is 0.390 e. The fourth-order valence-corrected chi connectivity index (χ4v) is 5.62. The van der Waals surface area contributed by atoms with Gasteiger partial charge in [-0.2, -0.15) is 0 Å². The number of rotatable bonds is 4. The van der Waals surface area contributed by atoms with Crippen molar-refractivity contribution in [1.29, 1.82) is 0 Å². The molecule has 3 aromatic rings. The first-order valence-electron chi connectivity index (χ1n) is 13.0. The van der Waals surface area contributed by atoms with Crippen LogP contribution in [0, 0.1) is 29.6 Å². The molecule has 2 aromatic heterocycles. The Morgan fingerprint density at radius 2 is 1.86 bits per heavy atom. The van der Waals surface area contributed by atoms with Gasteiger partial charge in [0.15, 0.2) is 5.65 Å². The van der Waals surface area contributed by atoms with Gasteiger partial charge < -0.3 is 14.5 Å². The SMILES string of the molecule is [B]n1c(CC2CC(C(C)(C)O)C2)nc2nc(-c3ccc(C#CC4CCN(C(C)=O)CC4)cc3)c(Cl)cc21. The van der Waals surface area contributed by atoms with Crippen LogP contribution < -0.4 is 0 Å². The highest BCUT2D eigenvalue weighted by Crippen LogP contribution is 2.42. The Balaban J connectivity index is 1.28. The molecular formula is C29H32BClN4O2. The number of pyridine rings is 1. The van der Waals surface area contributed by atoms with Crippen LogP contribution in [-0.4, -0.2) is 57.0 Å².